The Kier molecular flexibility index (Phi) is 2.07. The molecule has 1 heterocycles. The first-order valence-electron chi connectivity index (χ1n) is 4.53. The van der Waals surface area contributed by atoms with Crippen LogP contribution in [-0.2, 0) is 0 Å². The standard InChI is InChI=1S/C10H11N3O2/c1-11(2)12-7-6-8-9(12)4-3-5-10(8)13(14)15/h3-7H,1-2H3. The van der Waals surface area contributed by atoms with Gasteiger partial charge in [-0.1, -0.05) is 6.07 Å². The molecule has 0 aliphatic heterocycles. The van der Waals surface area contributed by atoms with Gasteiger partial charge in [0.2, 0.25) is 0 Å². The van der Waals surface area contributed by atoms with Crippen molar-refractivity contribution in [2.75, 3.05) is 19.1 Å². The number of hydrogen-bond acceptors (Lipinski definition) is 3. The average Bonchev–Trinajstić information content (AvgIpc) is 2.59. The fourth-order valence-electron chi connectivity index (χ4n) is 1.65. The third kappa shape index (κ3) is 1.41. The lowest BCUT2D eigenvalue weighted by Gasteiger charge is -2.15. The monoisotopic (exact) mass is 205 g/mol. The molecular weight excluding hydrogens is 194 g/mol. The molecule has 0 spiro atoms. The number of nitro benzene ring substituents is 1. The van der Waals surface area contributed by atoms with Crippen molar-refractivity contribution in [1.82, 2.24) is 4.68 Å². The van der Waals surface area contributed by atoms with Gasteiger partial charge in [0.25, 0.3) is 5.69 Å². The van der Waals surface area contributed by atoms with E-state index in [0.717, 1.165) is 5.52 Å². The molecule has 0 saturated heterocycles. The molecule has 0 aliphatic carbocycles. The zero-order valence-electron chi connectivity index (χ0n) is 8.54. The van der Waals surface area contributed by atoms with Crippen LogP contribution in [0.2, 0.25) is 0 Å². The Morgan fingerprint density at radius 3 is 2.67 bits per heavy atom. The quantitative estimate of drug-likeness (QED) is 0.554. The summed E-state index contributed by atoms with van der Waals surface area (Å²) in [6.45, 7) is 0. The van der Waals surface area contributed by atoms with Crippen molar-refractivity contribution in [1.29, 1.82) is 0 Å². The van der Waals surface area contributed by atoms with Gasteiger partial charge in [0.05, 0.1) is 15.8 Å². The van der Waals surface area contributed by atoms with Crippen LogP contribution in [0, 0.1) is 10.1 Å². The highest BCUT2D eigenvalue weighted by Crippen LogP contribution is 2.25. The van der Waals surface area contributed by atoms with Crippen LogP contribution in [0.15, 0.2) is 30.5 Å². The fraction of sp³-hybridized carbons (Fsp3) is 0.200. The maximum Gasteiger partial charge on any atom is 0.278 e. The summed E-state index contributed by atoms with van der Waals surface area (Å²) in [6, 6.07) is 6.83. The number of aromatic nitrogens is 1. The number of hydrogen-bond donors (Lipinski definition) is 0. The van der Waals surface area contributed by atoms with Gasteiger partial charge in [0, 0.05) is 26.4 Å². The number of nitro groups is 1. The normalized spacial score (nSPS) is 10.5. The SMILES string of the molecule is CN(C)n1ccc2c([N+](=O)[O-])cccc21. The molecule has 0 N–H and O–H groups in total. The second-order valence-electron chi connectivity index (χ2n) is 3.47. The predicted molar refractivity (Wildman–Crippen MR) is 58.7 cm³/mol. The number of non-ortho nitro benzene ring substituents is 1. The predicted octanol–water partition coefficient (Wildman–Crippen LogP) is 1.75. The van der Waals surface area contributed by atoms with E-state index in [1.165, 1.54) is 6.07 Å². The van der Waals surface area contributed by atoms with Crippen LogP contribution < -0.4 is 5.01 Å². The van der Waals surface area contributed by atoms with Gasteiger partial charge in [0.15, 0.2) is 0 Å². The minimum atomic E-state index is -0.359. The van der Waals surface area contributed by atoms with Crippen LogP contribution in [0.25, 0.3) is 10.9 Å². The van der Waals surface area contributed by atoms with Crippen LogP contribution in [0.5, 0.6) is 0 Å². The number of benzene rings is 1. The maximum atomic E-state index is 10.8. The molecule has 0 radical (unpaired) electrons. The van der Waals surface area contributed by atoms with Crippen molar-refractivity contribution in [2.45, 2.75) is 0 Å². The highest BCUT2D eigenvalue weighted by atomic mass is 16.6. The Bertz CT molecular complexity index is 516. The molecule has 5 nitrogen and oxygen atoms in total. The van der Waals surface area contributed by atoms with Crippen LogP contribution in [-0.4, -0.2) is 23.7 Å². The van der Waals surface area contributed by atoms with Crippen LogP contribution in [0.4, 0.5) is 5.69 Å². The largest absolute Gasteiger partial charge is 0.319 e. The molecule has 2 rings (SSSR count). The van der Waals surface area contributed by atoms with E-state index in [4.69, 9.17) is 0 Å². The first kappa shape index (κ1) is 9.51. The summed E-state index contributed by atoms with van der Waals surface area (Å²) in [5.41, 5.74) is 0.988. The molecule has 0 unspecified atom stereocenters. The molecule has 78 valence electrons. The molecule has 0 saturated carbocycles. The second-order valence-corrected chi connectivity index (χ2v) is 3.47. The number of rotatable bonds is 2. The van der Waals surface area contributed by atoms with Crippen molar-refractivity contribution in [3.05, 3.63) is 40.6 Å². The van der Waals surface area contributed by atoms with Crippen LogP contribution >= 0.6 is 0 Å². The molecule has 0 atom stereocenters. The molecule has 0 fully saturated rings. The van der Waals surface area contributed by atoms with Gasteiger partial charge in [-0.3, -0.25) is 14.8 Å². The Hall–Kier alpha value is -2.04. The van der Waals surface area contributed by atoms with Gasteiger partial charge < -0.3 is 5.01 Å². The Morgan fingerprint density at radius 2 is 2.07 bits per heavy atom. The highest BCUT2D eigenvalue weighted by molar-refractivity contribution is 5.89. The lowest BCUT2D eigenvalue weighted by Crippen LogP contribution is -2.23. The van der Waals surface area contributed by atoms with E-state index in [0.29, 0.717) is 5.39 Å². The number of nitrogens with zero attached hydrogens (tertiary/aromatic N) is 3. The molecule has 0 aliphatic rings. The minimum absolute atomic E-state index is 0.146. The molecule has 15 heavy (non-hydrogen) atoms. The molecule has 5 heteroatoms. The van der Waals surface area contributed by atoms with E-state index >= 15 is 0 Å². The Labute approximate surface area is 86.6 Å². The van der Waals surface area contributed by atoms with Gasteiger partial charge >= 0.3 is 0 Å². The van der Waals surface area contributed by atoms with Gasteiger partial charge in [-0.15, -0.1) is 0 Å². The minimum Gasteiger partial charge on any atom is -0.319 e. The Morgan fingerprint density at radius 1 is 1.33 bits per heavy atom. The van der Waals surface area contributed by atoms with E-state index in [9.17, 15) is 10.1 Å². The smallest absolute Gasteiger partial charge is 0.278 e. The topological polar surface area (TPSA) is 51.3 Å². The van der Waals surface area contributed by atoms with E-state index in [1.54, 1.807) is 12.1 Å². The first-order chi connectivity index (χ1) is 7.11. The second kappa shape index (κ2) is 3.27. The van der Waals surface area contributed by atoms with Gasteiger partial charge in [-0.25, -0.2) is 0 Å². The Balaban J connectivity index is 2.74. The maximum absolute atomic E-state index is 10.8. The molecule has 0 amide bonds. The van der Waals surface area contributed by atoms with Crippen LogP contribution in [0.3, 0.4) is 0 Å². The van der Waals surface area contributed by atoms with Crippen molar-refractivity contribution in [3.8, 4) is 0 Å². The third-order valence-electron chi connectivity index (χ3n) is 2.32. The van der Waals surface area contributed by atoms with Gasteiger partial charge in [-0.2, -0.15) is 0 Å². The van der Waals surface area contributed by atoms with E-state index < -0.39 is 0 Å². The van der Waals surface area contributed by atoms with Crippen molar-refractivity contribution < 1.29 is 4.92 Å². The molecule has 0 bridgehead atoms. The van der Waals surface area contributed by atoms with Crippen LogP contribution in [0.1, 0.15) is 0 Å². The first-order valence-corrected chi connectivity index (χ1v) is 4.53. The average molecular weight is 205 g/mol. The summed E-state index contributed by atoms with van der Waals surface area (Å²) in [6.07, 6.45) is 1.82. The third-order valence-corrected chi connectivity index (χ3v) is 2.32. The molecule has 1 aromatic heterocycles. The van der Waals surface area contributed by atoms with Crippen molar-refractivity contribution in [3.63, 3.8) is 0 Å². The summed E-state index contributed by atoms with van der Waals surface area (Å²) in [5, 5.41) is 13.3. The van der Waals surface area contributed by atoms with E-state index in [2.05, 4.69) is 0 Å². The summed E-state index contributed by atoms with van der Waals surface area (Å²) >= 11 is 0. The molecular formula is C10H11N3O2. The summed E-state index contributed by atoms with van der Waals surface area (Å²) in [7, 11) is 3.77. The summed E-state index contributed by atoms with van der Waals surface area (Å²) in [5.74, 6) is 0. The molecule has 2 aromatic rings. The summed E-state index contributed by atoms with van der Waals surface area (Å²) in [4.78, 5) is 10.4. The summed E-state index contributed by atoms with van der Waals surface area (Å²) < 4.78 is 1.86. The number of fused-ring (bicyclic) bond motifs is 1. The van der Waals surface area contributed by atoms with E-state index in [1.807, 2.05) is 36.0 Å². The lowest BCUT2D eigenvalue weighted by molar-refractivity contribution is -0.383. The zero-order valence-corrected chi connectivity index (χ0v) is 8.54. The van der Waals surface area contributed by atoms with Gasteiger partial charge in [-0.05, 0) is 12.1 Å². The van der Waals surface area contributed by atoms with E-state index in [-0.39, 0.29) is 10.6 Å². The highest BCUT2D eigenvalue weighted by Gasteiger charge is 2.13. The van der Waals surface area contributed by atoms with Crippen molar-refractivity contribution >= 4 is 16.6 Å². The molecule has 1 aromatic carbocycles. The fourth-order valence-corrected chi connectivity index (χ4v) is 1.65. The zero-order chi connectivity index (χ0) is 11.0. The van der Waals surface area contributed by atoms with Gasteiger partial charge in [0.1, 0.15) is 0 Å². The lowest BCUT2D eigenvalue weighted by atomic mass is 10.2. The van der Waals surface area contributed by atoms with Crippen molar-refractivity contribution in [2.24, 2.45) is 0 Å².